The second kappa shape index (κ2) is 2.77. The second-order valence-corrected chi connectivity index (χ2v) is 3.12. The Morgan fingerprint density at radius 1 is 1.21 bits per heavy atom. The van der Waals surface area contributed by atoms with Crippen molar-refractivity contribution in [3.05, 3.63) is 29.8 Å². The highest BCUT2D eigenvalue weighted by Crippen LogP contribution is 2.24. The predicted octanol–water partition coefficient (Wildman–Crippen LogP) is 1.41. The zero-order valence-electron chi connectivity index (χ0n) is 7.46. The van der Waals surface area contributed by atoms with Crippen molar-refractivity contribution in [3.8, 4) is 0 Å². The Hall–Kier alpha value is -1.97. The van der Waals surface area contributed by atoms with Crippen LogP contribution in [-0.4, -0.2) is 30.1 Å². The molecule has 2 aliphatic heterocycles. The first-order valence-electron chi connectivity index (χ1n) is 4.41. The van der Waals surface area contributed by atoms with Gasteiger partial charge in [-0.1, -0.05) is 12.1 Å². The van der Waals surface area contributed by atoms with Gasteiger partial charge in [0, 0.05) is 5.56 Å². The maximum absolute atomic E-state index is 4.32. The molecule has 0 aromatic heterocycles. The molecule has 0 fully saturated rings. The average molecular weight is 184 g/mol. The van der Waals surface area contributed by atoms with Gasteiger partial charge in [0.05, 0.1) is 12.0 Å². The molecule has 0 spiro atoms. The van der Waals surface area contributed by atoms with Gasteiger partial charge in [0.15, 0.2) is 0 Å². The van der Waals surface area contributed by atoms with Crippen LogP contribution in [0.4, 0.5) is 5.69 Å². The zero-order valence-corrected chi connectivity index (χ0v) is 7.46. The van der Waals surface area contributed by atoms with Crippen molar-refractivity contribution in [2.75, 3.05) is 6.67 Å². The Morgan fingerprint density at radius 3 is 3.14 bits per heavy atom. The third-order valence-corrected chi connectivity index (χ3v) is 2.25. The molecule has 2 aliphatic rings. The summed E-state index contributed by atoms with van der Waals surface area (Å²) in [6.07, 6.45) is 3.37. The highest BCUT2D eigenvalue weighted by atomic mass is 15.3. The third-order valence-electron chi connectivity index (χ3n) is 2.25. The van der Waals surface area contributed by atoms with E-state index in [2.05, 4.69) is 15.0 Å². The lowest BCUT2D eigenvalue weighted by Crippen LogP contribution is -2.34. The van der Waals surface area contributed by atoms with Crippen LogP contribution in [0.2, 0.25) is 0 Å². The molecule has 0 amide bonds. The highest BCUT2D eigenvalue weighted by Gasteiger charge is 2.19. The van der Waals surface area contributed by atoms with E-state index < -0.39 is 0 Å². The maximum atomic E-state index is 4.32. The second-order valence-electron chi connectivity index (χ2n) is 3.12. The quantitative estimate of drug-likeness (QED) is 0.601. The van der Waals surface area contributed by atoms with Gasteiger partial charge in [0.25, 0.3) is 0 Å². The van der Waals surface area contributed by atoms with E-state index in [-0.39, 0.29) is 0 Å². The van der Waals surface area contributed by atoms with Crippen molar-refractivity contribution in [3.63, 3.8) is 0 Å². The van der Waals surface area contributed by atoms with Gasteiger partial charge < -0.3 is 0 Å². The largest absolute Gasteiger partial charge is 0.296 e. The van der Waals surface area contributed by atoms with Crippen molar-refractivity contribution >= 4 is 24.2 Å². The number of nitrogens with zero attached hydrogens (tertiary/aromatic N) is 4. The lowest BCUT2D eigenvalue weighted by Gasteiger charge is -2.25. The summed E-state index contributed by atoms with van der Waals surface area (Å²) in [5, 5.41) is 0. The van der Waals surface area contributed by atoms with Crippen LogP contribution in [0.15, 0.2) is 39.2 Å². The van der Waals surface area contributed by atoms with Crippen molar-refractivity contribution < 1.29 is 0 Å². The first-order chi connectivity index (χ1) is 6.95. The molecule has 0 unspecified atom stereocenters. The molecular weight excluding hydrogens is 176 g/mol. The van der Waals surface area contributed by atoms with E-state index in [0.29, 0.717) is 6.67 Å². The first-order valence-corrected chi connectivity index (χ1v) is 4.41. The third kappa shape index (κ3) is 0.970. The summed E-state index contributed by atoms with van der Waals surface area (Å²) in [5.41, 5.74) is 2.04. The van der Waals surface area contributed by atoms with Crippen LogP contribution < -0.4 is 0 Å². The van der Waals surface area contributed by atoms with Crippen molar-refractivity contribution in [1.82, 2.24) is 4.90 Å². The van der Waals surface area contributed by atoms with Crippen molar-refractivity contribution in [2.45, 2.75) is 0 Å². The maximum Gasteiger partial charge on any atom is 0.146 e. The lowest BCUT2D eigenvalue weighted by molar-refractivity contribution is 0.634. The first kappa shape index (κ1) is 7.44. The number of hydrogen-bond acceptors (Lipinski definition) is 4. The van der Waals surface area contributed by atoms with Gasteiger partial charge in [-0.15, -0.1) is 0 Å². The van der Waals surface area contributed by atoms with Gasteiger partial charge in [0.2, 0.25) is 0 Å². The molecule has 68 valence electrons. The van der Waals surface area contributed by atoms with Crippen molar-refractivity contribution in [1.29, 1.82) is 0 Å². The highest BCUT2D eigenvalue weighted by molar-refractivity contribution is 6.13. The van der Waals surface area contributed by atoms with E-state index in [4.69, 9.17) is 0 Å². The van der Waals surface area contributed by atoms with Crippen LogP contribution in [0.25, 0.3) is 0 Å². The van der Waals surface area contributed by atoms with E-state index in [1.165, 1.54) is 0 Å². The molecule has 0 saturated heterocycles. The molecular formula is C10H8N4. The van der Waals surface area contributed by atoms with E-state index >= 15 is 0 Å². The number of hydrogen-bond donors (Lipinski definition) is 0. The van der Waals surface area contributed by atoms with Gasteiger partial charge in [-0.05, 0) is 12.1 Å². The molecule has 3 rings (SSSR count). The molecule has 1 aromatic carbocycles. The molecule has 0 bridgehead atoms. The number of amidine groups is 1. The number of benzene rings is 1. The fraction of sp³-hybridized carbons (Fsp3) is 0.100. The molecule has 0 aliphatic carbocycles. The fourth-order valence-electron chi connectivity index (χ4n) is 1.58. The summed E-state index contributed by atoms with van der Waals surface area (Å²) < 4.78 is 0. The minimum atomic E-state index is 0.608. The SMILES string of the molecule is C1=NCN2C=Nc3ccccc3C2=N1. The van der Waals surface area contributed by atoms with Crippen LogP contribution in [-0.2, 0) is 0 Å². The molecule has 2 heterocycles. The number of rotatable bonds is 0. The Bertz CT molecular complexity index is 459. The molecule has 14 heavy (non-hydrogen) atoms. The molecule has 0 saturated carbocycles. The van der Waals surface area contributed by atoms with Gasteiger partial charge in [-0.2, -0.15) is 0 Å². The summed E-state index contributed by atoms with van der Waals surface area (Å²) in [6, 6.07) is 7.98. The Kier molecular flexibility index (Phi) is 1.47. The normalized spacial score (nSPS) is 17.4. The smallest absolute Gasteiger partial charge is 0.146 e. The standard InChI is InChI=1S/C10H8N4/c1-2-4-9-8(3-1)10-12-5-11-6-14(10)7-13-9/h1-5,7H,6H2. The van der Waals surface area contributed by atoms with Crippen LogP contribution in [0, 0.1) is 0 Å². The molecule has 0 atom stereocenters. The van der Waals surface area contributed by atoms with Crippen LogP contribution in [0.5, 0.6) is 0 Å². The van der Waals surface area contributed by atoms with Crippen LogP contribution in [0.3, 0.4) is 0 Å². The van der Waals surface area contributed by atoms with Crippen LogP contribution in [0.1, 0.15) is 5.56 Å². The Balaban J connectivity index is 2.22. The monoisotopic (exact) mass is 184 g/mol. The molecule has 0 N–H and O–H groups in total. The van der Waals surface area contributed by atoms with Gasteiger partial charge in [-0.3, -0.25) is 9.89 Å². The molecule has 0 radical (unpaired) electrons. The molecule has 4 nitrogen and oxygen atoms in total. The number of para-hydroxylation sites is 1. The summed E-state index contributed by atoms with van der Waals surface area (Å²) in [6.45, 7) is 0.608. The summed E-state index contributed by atoms with van der Waals surface area (Å²) in [5.74, 6) is 0.936. The van der Waals surface area contributed by atoms with Crippen LogP contribution >= 0.6 is 0 Å². The summed E-state index contributed by atoms with van der Waals surface area (Å²) in [4.78, 5) is 14.6. The Morgan fingerprint density at radius 2 is 2.14 bits per heavy atom. The Labute approximate surface area is 81.3 Å². The topological polar surface area (TPSA) is 40.3 Å². The fourth-order valence-corrected chi connectivity index (χ4v) is 1.58. The zero-order chi connectivity index (χ0) is 9.38. The van der Waals surface area contributed by atoms with Gasteiger partial charge in [0.1, 0.15) is 18.8 Å². The van der Waals surface area contributed by atoms with E-state index in [1.807, 2.05) is 29.2 Å². The number of fused-ring (bicyclic) bond motifs is 3. The van der Waals surface area contributed by atoms with E-state index in [0.717, 1.165) is 17.1 Å². The average Bonchev–Trinajstić information content (AvgIpc) is 2.29. The van der Waals surface area contributed by atoms with Gasteiger partial charge in [-0.25, -0.2) is 9.98 Å². The van der Waals surface area contributed by atoms with E-state index in [9.17, 15) is 0 Å². The lowest BCUT2D eigenvalue weighted by atomic mass is 10.1. The minimum Gasteiger partial charge on any atom is -0.296 e. The molecule has 4 heteroatoms. The number of aliphatic imine (C=N–C) groups is 3. The minimum absolute atomic E-state index is 0.608. The van der Waals surface area contributed by atoms with E-state index in [1.54, 1.807) is 12.7 Å². The molecule has 1 aromatic rings. The van der Waals surface area contributed by atoms with Gasteiger partial charge >= 0.3 is 0 Å². The summed E-state index contributed by atoms with van der Waals surface area (Å²) in [7, 11) is 0. The predicted molar refractivity (Wildman–Crippen MR) is 56.3 cm³/mol. The summed E-state index contributed by atoms with van der Waals surface area (Å²) >= 11 is 0. The van der Waals surface area contributed by atoms with Crippen molar-refractivity contribution in [2.24, 2.45) is 15.0 Å².